The van der Waals surface area contributed by atoms with E-state index in [2.05, 4.69) is 83.5 Å². The first-order valence-corrected chi connectivity index (χ1v) is 7.56. The van der Waals surface area contributed by atoms with E-state index in [9.17, 15) is 0 Å². The molecule has 0 saturated heterocycles. The van der Waals surface area contributed by atoms with Gasteiger partial charge in [0.1, 0.15) is 0 Å². The van der Waals surface area contributed by atoms with Crippen LogP contribution in [0.3, 0.4) is 0 Å². The summed E-state index contributed by atoms with van der Waals surface area (Å²) in [5, 5.41) is 1.06. The number of hydrogen-bond acceptors (Lipinski definition) is 0. The van der Waals surface area contributed by atoms with Crippen molar-refractivity contribution >= 4 is 15.9 Å². The molecule has 0 aliphatic heterocycles. The van der Waals surface area contributed by atoms with Crippen molar-refractivity contribution in [2.24, 2.45) is 0 Å². The number of alkyl halides is 1. The van der Waals surface area contributed by atoms with E-state index in [4.69, 9.17) is 0 Å². The van der Waals surface area contributed by atoms with Crippen LogP contribution < -0.4 is 0 Å². The van der Waals surface area contributed by atoms with E-state index in [0.717, 1.165) is 11.8 Å². The molecule has 0 spiro atoms. The Morgan fingerprint density at radius 1 is 0.833 bits per heavy atom. The second-order valence-electron chi connectivity index (χ2n) is 4.86. The molecule has 0 radical (unpaired) electrons. The Bertz CT molecular complexity index is 422. The zero-order valence-corrected chi connectivity index (χ0v) is 12.4. The molecule has 0 saturated carbocycles. The summed E-state index contributed by atoms with van der Waals surface area (Å²) in [6.45, 7) is 2.35. The zero-order chi connectivity index (χ0) is 12.8. The summed E-state index contributed by atoms with van der Waals surface area (Å²) in [5.74, 6) is 0. The van der Waals surface area contributed by atoms with Gasteiger partial charge in [-0.25, -0.2) is 0 Å². The third-order valence-electron chi connectivity index (χ3n) is 3.63. The second-order valence-corrected chi connectivity index (χ2v) is 5.65. The Morgan fingerprint density at radius 2 is 1.28 bits per heavy atom. The molecule has 0 nitrogen and oxygen atoms in total. The fraction of sp³-hybridized carbons (Fsp3) is 0.294. The van der Waals surface area contributed by atoms with Gasteiger partial charge in [-0.1, -0.05) is 83.5 Å². The van der Waals surface area contributed by atoms with Crippen LogP contribution in [-0.2, 0) is 5.41 Å². The Kier molecular flexibility index (Phi) is 4.60. The minimum atomic E-state index is 0.107. The quantitative estimate of drug-likeness (QED) is 0.669. The summed E-state index contributed by atoms with van der Waals surface area (Å²) in [6.07, 6.45) is 2.34. The molecule has 18 heavy (non-hydrogen) atoms. The van der Waals surface area contributed by atoms with E-state index in [1.165, 1.54) is 17.5 Å². The van der Waals surface area contributed by atoms with Crippen molar-refractivity contribution in [3.63, 3.8) is 0 Å². The third-order valence-corrected chi connectivity index (χ3v) is 4.19. The first kappa shape index (κ1) is 13.4. The van der Waals surface area contributed by atoms with E-state index < -0.39 is 0 Å². The molecule has 0 bridgehead atoms. The maximum absolute atomic E-state index is 3.55. The van der Waals surface area contributed by atoms with Crippen molar-refractivity contribution in [3.05, 3.63) is 71.8 Å². The summed E-state index contributed by atoms with van der Waals surface area (Å²) < 4.78 is 0. The number of benzene rings is 2. The van der Waals surface area contributed by atoms with E-state index in [0.29, 0.717) is 0 Å². The van der Waals surface area contributed by atoms with Crippen LogP contribution in [-0.4, -0.2) is 5.33 Å². The zero-order valence-electron chi connectivity index (χ0n) is 10.8. The van der Waals surface area contributed by atoms with Crippen molar-refractivity contribution in [2.45, 2.75) is 25.2 Å². The van der Waals surface area contributed by atoms with Crippen molar-refractivity contribution < 1.29 is 0 Å². The minimum absolute atomic E-state index is 0.107. The van der Waals surface area contributed by atoms with Gasteiger partial charge in [-0.3, -0.25) is 0 Å². The van der Waals surface area contributed by atoms with Gasteiger partial charge in [0.2, 0.25) is 0 Å². The van der Waals surface area contributed by atoms with Gasteiger partial charge in [0, 0.05) is 10.7 Å². The van der Waals surface area contributed by atoms with Gasteiger partial charge in [0.05, 0.1) is 0 Å². The summed E-state index contributed by atoms with van der Waals surface area (Å²) in [5.41, 5.74) is 2.91. The van der Waals surface area contributed by atoms with Gasteiger partial charge in [-0.2, -0.15) is 0 Å². The fourth-order valence-corrected chi connectivity index (χ4v) is 2.77. The van der Waals surface area contributed by atoms with Crippen LogP contribution >= 0.6 is 15.9 Å². The van der Waals surface area contributed by atoms with E-state index >= 15 is 0 Å². The van der Waals surface area contributed by atoms with Gasteiger partial charge in [0.25, 0.3) is 0 Å². The lowest BCUT2D eigenvalue weighted by molar-refractivity contribution is 0.515. The van der Waals surface area contributed by atoms with Gasteiger partial charge >= 0.3 is 0 Å². The normalized spacial score (nSPS) is 11.4. The van der Waals surface area contributed by atoms with E-state index in [1.807, 2.05) is 0 Å². The van der Waals surface area contributed by atoms with Crippen molar-refractivity contribution in [3.8, 4) is 0 Å². The van der Waals surface area contributed by atoms with E-state index in [-0.39, 0.29) is 5.41 Å². The maximum atomic E-state index is 3.55. The molecule has 0 fully saturated rings. The molecule has 2 rings (SSSR count). The predicted molar refractivity (Wildman–Crippen MR) is 82.4 cm³/mol. The van der Waals surface area contributed by atoms with Crippen molar-refractivity contribution in [2.75, 3.05) is 5.33 Å². The molecule has 0 aromatic heterocycles. The predicted octanol–water partition coefficient (Wildman–Crippen LogP) is 5.17. The molecule has 2 aromatic carbocycles. The summed E-state index contributed by atoms with van der Waals surface area (Å²) in [6, 6.07) is 21.6. The van der Waals surface area contributed by atoms with Crippen LogP contribution in [0.15, 0.2) is 60.7 Å². The minimum Gasteiger partial charge on any atom is -0.0928 e. The van der Waals surface area contributed by atoms with Gasteiger partial charge in [-0.05, 0) is 24.0 Å². The average Bonchev–Trinajstić information content (AvgIpc) is 2.46. The number of halogens is 1. The molecule has 2 aromatic rings. The van der Waals surface area contributed by atoms with Crippen LogP contribution in [0.25, 0.3) is 0 Å². The van der Waals surface area contributed by atoms with Crippen LogP contribution in [0.2, 0.25) is 0 Å². The summed E-state index contributed by atoms with van der Waals surface area (Å²) in [4.78, 5) is 0. The van der Waals surface area contributed by atoms with Crippen LogP contribution in [0.5, 0.6) is 0 Å². The van der Waals surface area contributed by atoms with Gasteiger partial charge in [0.15, 0.2) is 0 Å². The van der Waals surface area contributed by atoms with Crippen LogP contribution in [0.1, 0.15) is 30.9 Å². The number of hydrogen-bond donors (Lipinski definition) is 0. The molecule has 0 aliphatic carbocycles. The molecule has 0 N–H and O–H groups in total. The van der Waals surface area contributed by atoms with E-state index in [1.54, 1.807) is 0 Å². The lowest BCUT2D eigenvalue weighted by Gasteiger charge is -2.31. The highest BCUT2D eigenvalue weighted by Gasteiger charge is 2.27. The average molecular weight is 303 g/mol. The highest BCUT2D eigenvalue weighted by molar-refractivity contribution is 9.09. The first-order valence-electron chi connectivity index (χ1n) is 6.44. The van der Waals surface area contributed by atoms with Crippen LogP contribution in [0, 0.1) is 0 Å². The third kappa shape index (κ3) is 2.84. The second kappa shape index (κ2) is 6.19. The monoisotopic (exact) mass is 302 g/mol. The van der Waals surface area contributed by atoms with Crippen molar-refractivity contribution in [1.29, 1.82) is 0 Å². The Hall–Kier alpha value is -1.08. The Labute approximate surface area is 118 Å². The highest BCUT2D eigenvalue weighted by Crippen LogP contribution is 2.36. The molecular formula is C17H19Br. The molecule has 0 heterocycles. The summed E-state index contributed by atoms with van der Waals surface area (Å²) in [7, 11) is 0. The lowest BCUT2D eigenvalue weighted by atomic mass is 9.73. The van der Waals surface area contributed by atoms with Crippen LogP contribution in [0.4, 0.5) is 0 Å². The van der Waals surface area contributed by atoms with Gasteiger partial charge < -0.3 is 0 Å². The topological polar surface area (TPSA) is 0 Å². The SMILES string of the molecule is CC(CCCBr)(c1ccccc1)c1ccccc1. The molecule has 0 aliphatic rings. The maximum Gasteiger partial charge on any atom is 0.0175 e. The largest absolute Gasteiger partial charge is 0.0928 e. The molecule has 94 valence electrons. The standard InChI is InChI=1S/C17H19Br/c1-17(13-8-14-18,15-9-4-2-5-10-15)16-11-6-3-7-12-16/h2-7,9-12H,8,13-14H2,1H3. The fourth-order valence-electron chi connectivity index (χ4n) is 2.49. The molecule has 0 unspecified atom stereocenters. The lowest BCUT2D eigenvalue weighted by Crippen LogP contribution is -2.23. The molecule has 0 amide bonds. The number of rotatable bonds is 5. The summed E-state index contributed by atoms with van der Waals surface area (Å²) >= 11 is 3.55. The molecule has 1 heteroatoms. The smallest absolute Gasteiger partial charge is 0.0175 e. The van der Waals surface area contributed by atoms with Gasteiger partial charge in [-0.15, -0.1) is 0 Å². The highest BCUT2D eigenvalue weighted by atomic mass is 79.9. The van der Waals surface area contributed by atoms with Crippen molar-refractivity contribution in [1.82, 2.24) is 0 Å². The Morgan fingerprint density at radius 3 is 1.67 bits per heavy atom. The molecular weight excluding hydrogens is 284 g/mol. The Balaban J connectivity index is 2.41. The molecule has 0 atom stereocenters. The first-order chi connectivity index (χ1) is 8.77.